The highest BCUT2D eigenvalue weighted by Gasteiger charge is 2.49. The number of nitrogens with zero attached hydrogens (tertiary/aromatic N) is 2. The number of hydrogen-bond donors (Lipinski definition) is 0. The number of amides is 1. The minimum Gasteiger partial charge on any atom is -0.316 e. The third-order valence-corrected chi connectivity index (χ3v) is 8.60. The number of amidine groups is 1. The summed E-state index contributed by atoms with van der Waals surface area (Å²) in [5.74, 6) is -0.155. The van der Waals surface area contributed by atoms with Gasteiger partial charge in [0, 0.05) is 10.9 Å². The summed E-state index contributed by atoms with van der Waals surface area (Å²) in [7, 11) is -3.11. The molecule has 0 aliphatic carbocycles. The second-order valence-electron chi connectivity index (χ2n) is 8.01. The Balaban J connectivity index is 1.62. The number of sulfone groups is 1. The van der Waals surface area contributed by atoms with Crippen LogP contribution in [-0.2, 0) is 21.1 Å². The number of anilines is 1. The summed E-state index contributed by atoms with van der Waals surface area (Å²) in [4.78, 5) is 18.8. The molecule has 2 unspecified atom stereocenters. The van der Waals surface area contributed by atoms with Crippen LogP contribution in [0, 0.1) is 5.82 Å². The number of aliphatic imine (C=N–C) groups is 1. The Morgan fingerprint density at radius 2 is 1.80 bits per heavy atom. The monoisotopic (exact) mass is 446 g/mol. The average molecular weight is 447 g/mol. The van der Waals surface area contributed by atoms with E-state index in [-0.39, 0.29) is 40.9 Å². The van der Waals surface area contributed by atoms with Crippen LogP contribution < -0.4 is 4.90 Å². The van der Waals surface area contributed by atoms with Crippen molar-refractivity contribution in [2.75, 3.05) is 16.4 Å². The maximum atomic E-state index is 13.1. The average Bonchev–Trinajstić information content (AvgIpc) is 3.14. The largest absolute Gasteiger partial charge is 0.316 e. The molecule has 0 aromatic heterocycles. The van der Waals surface area contributed by atoms with Gasteiger partial charge in [-0.1, -0.05) is 49.9 Å². The van der Waals surface area contributed by atoms with Crippen LogP contribution in [-0.4, -0.2) is 42.3 Å². The highest BCUT2D eigenvalue weighted by atomic mass is 32.2. The van der Waals surface area contributed by atoms with E-state index in [1.807, 2.05) is 29.2 Å². The summed E-state index contributed by atoms with van der Waals surface area (Å²) in [5.41, 5.74) is 2.71. The molecule has 2 saturated heterocycles. The van der Waals surface area contributed by atoms with Gasteiger partial charge in [-0.05, 0) is 41.3 Å². The van der Waals surface area contributed by atoms with Crippen LogP contribution >= 0.6 is 11.8 Å². The second-order valence-corrected chi connectivity index (χ2v) is 11.4. The highest BCUT2D eigenvalue weighted by molar-refractivity contribution is 8.16. The molecule has 30 heavy (non-hydrogen) atoms. The molecule has 2 heterocycles. The molecule has 4 rings (SSSR count). The van der Waals surface area contributed by atoms with E-state index in [4.69, 9.17) is 0 Å². The number of rotatable bonds is 4. The van der Waals surface area contributed by atoms with Crippen molar-refractivity contribution < 1.29 is 17.6 Å². The van der Waals surface area contributed by atoms with Gasteiger partial charge in [-0.2, -0.15) is 4.99 Å². The third kappa shape index (κ3) is 4.44. The topological polar surface area (TPSA) is 66.8 Å². The zero-order chi connectivity index (χ0) is 21.5. The molecular formula is C22H23FN2O3S2. The molecule has 2 fully saturated rings. The normalized spacial score (nSPS) is 23.9. The lowest BCUT2D eigenvalue weighted by molar-refractivity contribution is -0.117. The van der Waals surface area contributed by atoms with E-state index >= 15 is 0 Å². The van der Waals surface area contributed by atoms with Gasteiger partial charge in [-0.3, -0.25) is 4.79 Å². The smallest absolute Gasteiger partial charge is 0.252 e. The molecule has 0 spiro atoms. The SMILES string of the molecule is CC(C)c1ccc(N2C(=NC(=O)Cc3ccc(F)cc3)SC3CS(=O)(=O)CC32)cc1. The van der Waals surface area contributed by atoms with Crippen molar-refractivity contribution in [3.63, 3.8) is 0 Å². The van der Waals surface area contributed by atoms with Gasteiger partial charge in [0.05, 0.1) is 24.0 Å². The quantitative estimate of drug-likeness (QED) is 0.715. The van der Waals surface area contributed by atoms with Crippen LogP contribution in [0.5, 0.6) is 0 Å². The van der Waals surface area contributed by atoms with Gasteiger partial charge < -0.3 is 4.90 Å². The number of benzene rings is 2. The van der Waals surface area contributed by atoms with Crippen molar-refractivity contribution in [1.82, 2.24) is 0 Å². The highest BCUT2D eigenvalue weighted by Crippen LogP contribution is 2.41. The van der Waals surface area contributed by atoms with Gasteiger partial charge in [0.1, 0.15) is 5.82 Å². The number of hydrogen-bond acceptors (Lipinski definition) is 4. The standard InChI is InChI=1S/C22H23FN2O3S2/c1-14(2)16-5-9-18(10-6-16)25-19-12-30(27,28)13-20(19)29-22(25)24-21(26)11-15-3-7-17(23)8-4-15/h3-10,14,19-20H,11-13H2,1-2H3. The molecule has 2 atom stereocenters. The van der Waals surface area contributed by atoms with Gasteiger partial charge in [-0.25, -0.2) is 12.8 Å². The lowest BCUT2D eigenvalue weighted by Gasteiger charge is -2.25. The van der Waals surface area contributed by atoms with E-state index in [1.165, 1.54) is 29.5 Å². The van der Waals surface area contributed by atoms with Crippen LogP contribution in [0.2, 0.25) is 0 Å². The van der Waals surface area contributed by atoms with Crippen molar-refractivity contribution in [2.45, 2.75) is 37.5 Å². The zero-order valence-electron chi connectivity index (χ0n) is 16.8. The predicted octanol–water partition coefficient (Wildman–Crippen LogP) is 3.79. The Kier molecular flexibility index (Phi) is 5.72. The molecule has 5 nitrogen and oxygen atoms in total. The summed E-state index contributed by atoms with van der Waals surface area (Å²) in [6.45, 7) is 4.22. The van der Waals surface area contributed by atoms with E-state index < -0.39 is 9.84 Å². The van der Waals surface area contributed by atoms with E-state index in [9.17, 15) is 17.6 Å². The fraction of sp³-hybridized carbons (Fsp3) is 0.364. The fourth-order valence-electron chi connectivity index (χ4n) is 3.81. The van der Waals surface area contributed by atoms with Crippen LogP contribution in [0.1, 0.15) is 30.9 Å². The molecule has 0 radical (unpaired) electrons. The predicted molar refractivity (Wildman–Crippen MR) is 119 cm³/mol. The Hall–Kier alpha value is -2.19. The van der Waals surface area contributed by atoms with Gasteiger partial charge in [0.25, 0.3) is 5.91 Å². The van der Waals surface area contributed by atoms with Crippen molar-refractivity contribution >= 4 is 38.4 Å². The zero-order valence-corrected chi connectivity index (χ0v) is 18.4. The van der Waals surface area contributed by atoms with Crippen molar-refractivity contribution in [3.05, 3.63) is 65.5 Å². The number of halogens is 1. The molecule has 0 saturated carbocycles. The van der Waals surface area contributed by atoms with Crippen molar-refractivity contribution in [2.24, 2.45) is 4.99 Å². The van der Waals surface area contributed by atoms with Crippen LogP contribution in [0.4, 0.5) is 10.1 Å². The van der Waals surface area contributed by atoms with E-state index in [0.717, 1.165) is 5.69 Å². The Labute approximate surface area is 180 Å². The lowest BCUT2D eigenvalue weighted by Crippen LogP contribution is -2.37. The summed E-state index contributed by atoms with van der Waals surface area (Å²) >= 11 is 1.35. The maximum Gasteiger partial charge on any atom is 0.252 e. The van der Waals surface area contributed by atoms with E-state index in [0.29, 0.717) is 16.6 Å². The van der Waals surface area contributed by atoms with Gasteiger partial charge in [0.15, 0.2) is 15.0 Å². The molecule has 1 amide bonds. The second kappa shape index (κ2) is 8.15. The molecule has 0 bridgehead atoms. The van der Waals surface area contributed by atoms with Gasteiger partial charge in [0.2, 0.25) is 0 Å². The molecular weight excluding hydrogens is 423 g/mol. The first kappa shape index (κ1) is 21.1. The lowest BCUT2D eigenvalue weighted by atomic mass is 10.0. The van der Waals surface area contributed by atoms with E-state index in [2.05, 4.69) is 18.8 Å². The summed E-state index contributed by atoms with van der Waals surface area (Å²) in [5, 5.41) is 0.390. The maximum absolute atomic E-state index is 13.1. The molecule has 2 aliphatic heterocycles. The minimum atomic E-state index is -3.11. The summed E-state index contributed by atoms with van der Waals surface area (Å²) in [6, 6.07) is 13.5. The van der Waals surface area contributed by atoms with E-state index in [1.54, 1.807) is 12.1 Å². The third-order valence-electron chi connectivity index (χ3n) is 5.39. The molecule has 158 valence electrons. The number of carbonyl (C=O) groups excluding carboxylic acids is 1. The van der Waals surface area contributed by atoms with Crippen molar-refractivity contribution in [3.8, 4) is 0 Å². The van der Waals surface area contributed by atoms with Crippen LogP contribution in [0.3, 0.4) is 0 Å². The van der Waals surface area contributed by atoms with Crippen LogP contribution in [0.15, 0.2) is 53.5 Å². The van der Waals surface area contributed by atoms with Crippen molar-refractivity contribution in [1.29, 1.82) is 0 Å². The molecule has 2 aliphatic rings. The van der Waals surface area contributed by atoms with Crippen LogP contribution in [0.25, 0.3) is 0 Å². The molecule has 2 aromatic rings. The minimum absolute atomic E-state index is 0.0573. The van der Waals surface area contributed by atoms with Gasteiger partial charge >= 0.3 is 0 Å². The molecule has 8 heteroatoms. The first-order chi connectivity index (χ1) is 14.2. The molecule has 2 aromatic carbocycles. The Morgan fingerprint density at radius 1 is 1.13 bits per heavy atom. The fourth-order valence-corrected chi connectivity index (χ4v) is 7.74. The number of fused-ring (bicyclic) bond motifs is 1. The summed E-state index contributed by atoms with van der Waals surface area (Å²) < 4.78 is 37.5. The summed E-state index contributed by atoms with van der Waals surface area (Å²) in [6.07, 6.45) is 0.0676. The first-order valence-electron chi connectivity index (χ1n) is 9.84. The first-order valence-corrected chi connectivity index (χ1v) is 12.5. The Bertz CT molecular complexity index is 1080. The Morgan fingerprint density at radius 3 is 2.43 bits per heavy atom. The number of carbonyl (C=O) groups is 1. The van der Waals surface area contributed by atoms with Gasteiger partial charge in [-0.15, -0.1) is 0 Å². The molecule has 0 N–H and O–H groups in total. The number of thioether (sulfide) groups is 1.